The molecule has 22 heavy (non-hydrogen) atoms. The first kappa shape index (κ1) is 17.0. The van der Waals surface area contributed by atoms with Gasteiger partial charge in [0, 0.05) is 24.5 Å². The molecule has 0 aliphatic heterocycles. The number of hydrogen-bond acceptors (Lipinski definition) is 1. The van der Waals surface area contributed by atoms with Gasteiger partial charge in [-0.15, -0.1) is 0 Å². The molecule has 0 radical (unpaired) electrons. The van der Waals surface area contributed by atoms with Crippen molar-refractivity contribution in [2.75, 3.05) is 13.6 Å². The number of halogens is 2. The molecule has 0 bridgehead atoms. The maximum absolute atomic E-state index is 6.56. The molecule has 0 saturated carbocycles. The lowest BCUT2D eigenvalue weighted by Gasteiger charge is -2.12. The average Bonchev–Trinajstić information content (AvgIpc) is 2.50. The second kappa shape index (κ2) is 7.80. The lowest BCUT2D eigenvalue weighted by atomic mass is 10.0. The minimum atomic E-state index is 0.724. The van der Waals surface area contributed by atoms with Gasteiger partial charge >= 0.3 is 0 Å². The first-order valence-electron chi connectivity index (χ1n) is 7.28. The molecule has 0 aliphatic carbocycles. The van der Waals surface area contributed by atoms with Crippen molar-refractivity contribution < 1.29 is 0 Å². The molecule has 0 heterocycles. The first-order valence-corrected chi connectivity index (χ1v) is 8.45. The van der Waals surface area contributed by atoms with E-state index in [0.29, 0.717) is 0 Å². The summed E-state index contributed by atoms with van der Waals surface area (Å²) in [7, 11) is 2.00. The van der Waals surface area contributed by atoms with Gasteiger partial charge in [-0.2, -0.15) is 0 Å². The van der Waals surface area contributed by atoms with E-state index in [1.165, 1.54) is 5.56 Å². The second-order valence-electron chi connectivity index (χ2n) is 5.34. The fourth-order valence-electron chi connectivity index (χ4n) is 2.14. The van der Waals surface area contributed by atoms with Crippen LogP contribution in [-0.4, -0.2) is 24.8 Å². The van der Waals surface area contributed by atoms with Crippen molar-refractivity contribution in [3.05, 3.63) is 62.6 Å². The van der Waals surface area contributed by atoms with Crippen LogP contribution in [0.5, 0.6) is 0 Å². The molecular formula is C18H20BrClN2. The van der Waals surface area contributed by atoms with Crippen LogP contribution in [0.1, 0.15) is 23.6 Å². The number of nitrogens with zero attached hydrogens (tertiary/aromatic N) is 2. The maximum atomic E-state index is 6.56. The molecular weight excluding hydrogens is 360 g/mol. The molecule has 2 aromatic carbocycles. The van der Waals surface area contributed by atoms with Crippen LogP contribution < -0.4 is 0 Å². The molecule has 0 N–H and O–H groups in total. The van der Waals surface area contributed by atoms with Gasteiger partial charge in [-0.1, -0.05) is 51.8 Å². The van der Waals surface area contributed by atoms with Gasteiger partial charge in [0.25, 0.3) is 0 Å². The van der Waals surface area contributed by atoms with Gasteiger partial charge < -0.3 is 4.90 Å². The Kier molecular flexibility index (Phi) is 6.04. The SMILES string of the molecule is CCN(C)/C=N\c1cc(C)cc(Cc2ccccc2Br)c1Cl. The number of benzene rings is 2. The molecule has 0 aromatic heterocycles. The number of aliphatic imine (C=N–C) groups is 1. The lowest BCUT2D eigenvalue weighted by molar-refractivity contribution is 0.552. The van der Waals surface area contributed by atoms with Crippen molar-refractivity contribution in [3.8, 4) is 0 Å². The van der Waals surface area contributed by atoms with Gasteiger partial charge in [0.15, 0.2) is 0 Å². The van der Waals surface area contributed by atoms with E-state index in [0.717, 1.165) is 39.3 Å². The third kappa shape index (κ3) is 4.34. The Hall–Kier alpha value is -1.32. The summed E-state index contributed by atoms with van der Waals surface area (Å²) in [4.78, 5) is 6.54. The highest BCUT2D eigenvalue weighted by Crippen LogP contribution is 2.32. The van der Waals surface area contributed by atoms with Crippen LogP contribution in [0.3, 0.4) is 0 Å². The third-order valence-corrected chi connectivity index (χ3v) is 4.71. The van der Waals surface area contributed by atoms with E-state index in [9.17, 15) is 0 Å². The van der Waals surface area contributed by atoms with E-state index in [-0.39, 0.29) is 0 Å². The molecule has 0 aliphatic rings. The molecule has 0 fully saturated rings. The average molecular weight is 380 g/mol. The van der Waals surface area contributed by atoms with E-state index >= 15 is 0 Å². The zero-order valence-electron chi connectivity index (χ0n) is 13.1. The van der Waals surface area contributed by atoms with E-state index < -0.39 is 0 Å². The summed E-state index contributed by atoms with van der Waals surface area (Å²) in [5.74, 6) is 0. The molecule has 4 heteroatoms. The highest BCUT2D eigenvalue weighted by molar-refractivity contribution is 9.10. The first-order chi connectivity index (χ1) is 10.5. The van der Waals surface area contributed by atoms with Crippen molar-refractivity contribution in [2.45, 2.75) is 20.3 Å². The normalized spacial score (nSPS) is 11.1. The zero-order chi connectivity index (χ0) is 16.1. The number of aryl methyl sites for hydroxylation is 1. The van der Waals surface area contributed by atoms with Crippen molar-refractivity contribution >= 4 is 39.6 Å². The molecule has 0 saturated heterocycles. The molecule has 2 nitrogen and oxygen atoms in total. The lowest BCUT2D eigenvalue weighted by Crippen LogP contribution is -2.14. The van der Waals surface area contributed by atoms with E-state index in [1.807, 2.05) is 42.6 Å². The van der Waals surface area contributed by atoms with Gasteiger partial charge in [0.05, 0.1) is 17.0 Å². The molecule has 0 unspecified atom stereocenters. The van der Waals surface area contributed by atoms with Crippen LogP contribution >= 0.6 is 27.5 Å². The van der Waals surface area contributed by atoms with Crippen LogP contribution in [0.4, 0.5) is 5.69 Å². The predicted molar refractivity (Wildman–Crippen MR) is 99.6 cm³/mol. The monoisotopic (exact) mass is 378 g/mol. The Morgan fingerprint density at radius 3 is 2.64 bits per heavy atom. The summed E-state index contributed by atoms with van der Waals surface area (Å²) in [6, 6.07) is 12.4. The Bertz CT molecular complexity index is 683. The summed E-state index contributed by atoms with van der Waals surface area (Å²) >= 11 is 10.2. The van der Waals surface area contributed by atoms with Crippen LogP contribution in [0.15, 0.2) is 45.9 Å². The summed E-state index contributed by atoms with van der Waals surface area (Å²) in [6.07, 6.45) is 2.61. The topological polar surface area (TPSA) is 15.6 Å². The molecule has 2 rings (SSSR count). The minimum absolute atomic E-state index is 0.724. The molecule has 0 amide bonds. The van der Waals surface area contributed by atoms with Crippen molar-refractivity contribution in [1.29, 1.82) is 0 Å². The largest absolute Gasteiger partial charge is 0.366 e. The van der Waals surface area contributed by atoms with Gasteiger partial charge in [-0.05, 0) is 42.7 Å². The molecule has 0 spiro atoms. The number of rotatable bonds is 5. The number of hydrogen-bond donors (Lipinski definition) is 0. The fraction of sp³-hybridized carbons (Fsp3) is 0.278. The van der Waals surface area contributed by atoms with Gasteiger partial charge in [0.1, 0.15) is 0 Å². The van der Waals surface area contributed by atoms with E-state index in [2.05, 4.69) is 46.9 Å². The Morgan fingerprint density at radius 1 is 1.23 bits per heavy atom. The third-order valence-electron chi connectivity index (χ3n) is 3.50. The summed E-state index contributed by atoms with van der Waals surface area (Å²) < 4.78 is 1.10. The Balaban J connectivity index is 2.35. The smallest absolute Gasteiger partial charge is 0.0910 e. The summed E-state index contributed by atoms with van der Waals surface area (Å²) in [5.41, 5.74) is 4.30. The van der Waals surface area contributed by atoms with Gasteiger partial charge in [-0.25, -0.2) is 4.99 Å². The minimum Gasteiger partial charge on any atom is -0.366 e. The van der Waals surface area contributed by atoms with Crippen LogP contribution in [-0.2, 0) is 6.42 Å². The van der Waals surface area contributed by atoms with E-state index in [4.69, 9.17) is 11.6 Å². The van der Waals surface area contributed by atoms with E-state index in [1.54, 1.807) is 0 Å². The predicted octanol–water partition coefficient (Wildman–Crippen LogP) is 5.61. The van der Waals surface area contributed by atoms with Crippen LogP contribution in [0.2, 0.25) is 5.02 Å². The van der Waals surface area contributed by atoms with Crippen molar-refractivity contribution in [2.24, 2.45) is 4.99 Å². The summed E-state index contributed by atoms with van der Waals surface area (Å²) in [5, 5.41) is 0.724. The Labute approximate surface area is 146 Å². The zero-order valence-corrected chi connectivity index (χ0v) is 15.4. The molecule has 116 valence electrons. The fourth-order valence-corrected chi connectivity index (χ4v) is 2.78. The highest BCUT2D eigenvalue weighted by Gasteiger charge is 2.09. The standard InChI is InChI=1S/C18H20BrClN2/c1-4-22(3)12-21-17-10-13(2)9-15(18(17)20)11-14-7-5-6-8-16(14)19/h5-10,12H,4,11H2,1-3H3/b21-12-. The quantitative estimate of drug-likeness (QED) is 0.487. The Morgan fingerprint density at radius 2 is 1.95 bits per heavy atom. The maximum Gasteiger partial charge on any atom is 0.0910 e. The van der Waals surface area contributed by atoms with Crippen molar-refractivity contribution in [3.63, 3.8) is 0 Å². The van der Waals surface area contributed by atoms with Gasteiger partial charge in [0.2, 0.25) is 0 Å². The second-order valence-corrected chi connectivity index (χ2v) is 6.58. The van der Waals surface area contributed by atoms with Crippen LogP contribution in [0, 0.1) is 6.92 Å². The highest BCUT2D eigenvalue weighted by atomic mass is 79.9. The molecule has 2 aromatic rings. The molecule has 0 atom stereocenters. The van der Waals surface area contributed by atoms with Crippen molar-refractivity contribution in [1.82, 2.24) is 4.90 Å². The summed E-state index contributed by atoms with van der Waals surface area (Å²) in [6.45, 7) is 5.07. The van der Waals surface area contributed by atoms with Crippen LogP contribution in [0.25, 0.3) is 0 Å². The van der Waals surface area contributed by atoms with Gasteiger partial charge in [-0.3, -0.25) is 0 Å².